The van der Waals surface area contributed by atoms with Crippen molar-refractivity contribution in [1.29, 1.82) is 0 Å². The molecular weight excluding hydrogens is 364 g/mol. The molecule has 1 aromatic heterocycles. The maximum Gasteiger partial charge on any atom is 0.348 e. The van der Waals surface area contributed by atoms with Crippen LogP contribution in [0.5, 0.6) is 0 Å². The van der Waals surface area contributed by atoms with Crippen LogP contribution in [-0.2, 0) is 32.2 Å². The van der Waals surface area contributed by atoms with Gasteiger partial charge in [0.15, 0.2) is 24.1 Å². The van der Waals surface area contributed by atoms with Gasteiger partial charge in [-0.05, 0) is 26.0 Å². The molecule has 7 heteroatoms. The van der Waals surface area contributed by atoms with E-state index in [9.17, 15) is 9.59 Å². The Hall–Kier alpha value is -1.89. The van der Waals surface area contributed by atoms with Gasteiger partial charge in [-0.3, -0.25) is 0 Å². The van der Waals surface area contributed by atoms with Crippen LogP contribution in [-0.4, -0.2) is 29.7 Å². The second kappa shape index (κ2) is 8.67. The second-order valence-electron chi connectivity index (χ2n) is 4.82. The average molecular weight is 385 g/mol. The summed E-state index contributed by atoms with van der Waals surface area (Å²) in [6, 6.07) is 7.64. The van der Waals surface area contributed by atoms with Gasteiger partial charge in [-0.15, -0.1) is 0 Å². The Morgan fingerprint density at radius 2 is 1.70 bits per heavy atom. The van der Waals surface area contributed by atoms with Crippen LogP contribution in [0, 0.1) is 6.92 Å². The molecule has 0 aliphatic heterocycles. The van der Waals surface area contributed by atoms with Crippen molar-refractivity contribution in [3.05, 3.63) is 30.1 Å². The first-order valence-electron chi connectivity index (χ1n) is 7.37. The molecule has 0 aliphatic rings. The number of carbonyl (C=O) groups is 2. The number of aromatic nitrogens is 2. The summed E-state index contributed by atoms with van der Waals surface area (Å²) in [6.07, 6.45) is 0. The van der Waals surface area contributed by atoms with Gasteiger partial charge in [0.25, 0.3) is 5.82 Å². The largest absolute Gasteiger partial charge is 1.00 e. The Kier molecular flexibility index (Phi) is 7.22. The topological polar surface area (TPSA) is 61.4 Å². The van der Waals surface area contributed by atoms with Crippen LogP contribution < -0.4 is 21.5 Å². The van der Waals surface area contributed by atoms with Gasteiger partial charge in [-0.25, -0.2) is 18.7 Å². The molecule has 0 fully saturated rings. The number of rotatable bonds is 6. The van der Waals surface area contributed by atoms with Gasteiger partial charge in [0.05, 0.1) is 13.2 Å². The third-order valence-corrected chi connectivity index (χ3v) is 3.43. The van der Waals surface area contributed by atoms with Crippen LogP contribution in [0.25, 0.3) is 11.0 Å². The summed E-state index contributed by atoms with van der Waals surface area (Å²) >= 11 is 0. The van der Waals surface area contributed by atoms with Crippen molar-refractivity contribution in [3.63, 3.8) is 0 Å². The van der Waals surface area contributed by atoms with Crippen LogP contribution in [0.2, 0.25) is 0 Å². The molecule has 1 aromatic carbocycles. The predicted octanol–water partition coefficient (Wildman–Crippen LogP) is -1.63. The number of nitrogens with zero attached hydrogens (tertiary/aromatic N) is 2. The molecule has 2 aromatic rings. The fourth-order valence-electron chi connectivity index (χ4n) is 2.49. The molecule has 6 nitrogen and oxygen atoms in total. The van der Waals surface area contributed by atoms with E-state index in [0.717, 1.165) is 16.9 Å². The zero-order valence-corrected chi connectivity index (χ0v) is 15.1. The Balaban J connectivity index is 0.00000264. The SMILES string of the molecule is CCOC(=O)Cn1c(C)[n+](CC(=O)OCC)c2ccccc21.[Br-]. The van der Waals surface area contributed by atoms with Gasteiger partial charge in [0.1, 0.15) is 0 Å². The number of halogens is 1. The average Bonchev–Trinajstić information content (AvgIpc) is 2.74. The zero-order valence-electron chi connectivity index (χ0n) is 13.5. The minimum atomic E-state index is -0.297. The zero-order chi connectivity index (χ0) is 16.1. The standard InChI is InChI=1S/C16H21N2O4.BrH/c1-4-21-15(19)10-17-12(3)18(11-16(20)22-5-2)14-9-7-6-8-13(14)17;/h6-9H,4-5,10-11H2,1-3H3;1H/q+1;/p-1. The van der Waals surface area contributed by atoms with E-state index in [1.54, 1.807) is 13.8 Å². The number of hydrogen-bond donors (Lipinski definition) is 0. The van der Waals surface area contributed by atoms with E-state index in [2.05, 4.69) is 0 Å². The molecule has 0 N–H and O–H groups in total. The van der Waals surface area contributed by atoms with E-state index in [1.165, 1.54) is 0 Å². The molecule has 0 amide bonds. The van der Waals surface area contributed by atoms with Gasteiger partial charge in [-0.2, -0.15) is 0 Å². The lowest BCUT2D eigenvalue weighted by Gasteiger charge is -2.02. The molecule has 0 unspecified atom stereocenters. The number of benzene rings is 1. The molecule has 0 atom stereocenters. The van der Waals surface area contributed by atoms with Gasteiger partial charge < -0.3 is 26.5 Å². The summed E-state index contributed by atoms with van der Waals surface area (Å²) < 4.78 is 13.7. The number of fused-ring (bicyclic) bond motifs is 1. The van der Waals surface area contributed by atoms with Crippen molar-refractivity contribution in [2.24, 2.45) is 0 Å². The third kappa shape index (κ3) is 4.31. The first kappa shape index (κ1) is 19.2. The highest BCUT2D eigenvalue weighted by molar-refractivity contribution is 5.77. The summed E-state index contributed by atoms with van der Waals surface area (Å²) in [4.78, 5) is 23.6. The van der Waals surface area contributed by atoms with Gasteiger partial charge >= 0.3 is 11.9 Å². The summed E-state index contributed by atoms with van der Waals surface area (Å²) in [5.74, 6) is 0.214. The Labute approximate surface area is 145 Å². The van der Waals surface area contributed by atoms with Crippen molar-refractivity contribution in [2.45, 2.75) is 33.9 Å². The van der Waals surface area contributed by atoms with Crippen molar-refractivity contribution in [3.8, 4) is 0 Å². The summed E-state index contributed by atoms with van der Waals surface area (Å²) in [7, 11) is 0. The molecule has 0 spiro atoms. The molecule has 126 valence electrons. The second-order valence-corrected chi connectivity index (χ2v) is 4.82. The maximum absolute atomic E-state index is 11.8. The third-order valence-electron chi connectivity index (χ3n) is 3.43. The Morgan fingerprint density at radius 3 is 2.35 bits per heavy atom. The molecular formula is C16H21BrN2O4. The fourth-order valence-corrected chi connectivity index (χ4v) is 2.49. The van der Waals surface area contributed by atoms with Gasteiger partial charge in [0.2, 0.25) is 0 Å². The number of esters is 2. The highest BCUT2D eigenvalue weighted by Gasteiger charge is 2.25. The first-order valence-corrected chi connectivity index (χ1v) is 7.37. The maximum atomic E-state index is 11.8. The predicted molar refractivity (Wildman–Crippen MR) is 80.1 cm³/mol. The lowest BCUT2D eigenvalue weighted by molar-refractivity contribution is -0.667. The molecule has 0 saturated carbocycles. The lowest BCUT2D eigenvalue weighted by atomic mass is 10.3. The van der Waals surface area contributed by atoms with E-state index in [-0.39, 0.29) is 42.0 Å². The number of imidazole rings is 1. The van der Waals surface area contributed by atoms with Crippen LogP contribution in [0.4, 0.5) is 0 Å². The monoisotopic (exact) mass is 384 g/mol. The smallest absolute Gasteiger partial charge is 0.348 e. The number of carbonyl (C=O) groups excluding carboxylic acids is 2. The molecule has 0 bridgehead atoms. The molecule has 0 aliphatic carbocycles. The highest BCUT2D eigenvalue weighted by Crippen LogP contribution is 2.14. The van der Waals surface area contributed by atoms with Crippen molar-refractivity contribution in [2.75, 3.05) is 13.2 Å². The first-order chi connectivity index (χ1) is 10.6. The summed E-state index contributed by atoms with van der Waals surface area (Å²) in [5.41, 5.74) is 1.77. The van der Waals surface area contributed by atoms with Gasteiger partial charge in [0, 0.05) is 6.92 Å². The van der Waals surface area contributed by atoms with Crippen LogP contribution in [0.1, 0.15) is 19.7 Å². The quantitative estimate of drug-likeness (QED) is 0.443. The molecule has 2 rings (SSSR count). The van der Waals surface area contributed by atoms with E-state index >= 15 is 0 Å². The lowest BCUT2D eigenvalue weighted by Crippen LogP contribution is -3.00. The Bertz CT molecular complexity index is 640. The van der Waals surface area contributed by atoms with Crippen LogP contribution in [0.15, 0.2) is 24.3 Å². The number of hydrogen-bond acceptors (Lipinski definition) is 4. The molecule has 23 heavy (non-hydrogen) atoms. The molecule has 1 heterocycles. The van der Waals surface area contributed by atoms with Gasteiger partial charge in [-0.1, -0.05) is 12.1 Å². The normalized spacial score (nSPS) is 10.2. The van der Waals surface area contributed by atoms with E-state index in [4.69, 9.17) is 9.47 Å². The van der Waals surface area contributed by atoms with E-state index in [0.29, 0.717) is 13.2 Å². The minimum absolute atomic E-state index is 0. The highest BCUT2D eigenvalue weighted by atomic mass is 79.9. The van der Waals surface area contributed by atoms with Crippen LogP contribution >= 0.6 is 0 Å². The Morgan fingerprint density at radius 1 is 1.09 bits per heavy atom. The number of para-hydroxylation sites is 2. The van der Waals surface area contributed by atoms with Crippen LogP contribution in [0.3, 0.4) is 0 Å². The minimum Gasteiger partial charge on any atom is -1.00 e. The van der Waals surface area contributed by atoms with Crippen molar-refractivity contribution >= 4 is 23.0 Å². The number of ether oxygens (including phenoxy) is 2. The van der Waals surface area contributed by atoms with E-state index < -0.39 is 0 Å². The summed E-state index contributed by atoms with van der Waals surface area (Å²) in [5, 5.41) is 0. The van der Waals surface area contributed by atoms with Crippen molar-refractivity contribution in [1.82, 2.24) is 4.57 Å². The van der Waals surface area contributed by atoms with E-state index in [1.807, 2.05) is 40.3 Å². The molecule has 0 saturated heterocycles. The molecule has 0 radical (unpaired) electrons. The van der Waals surface area contributed by atoms with Crippen molar-refractivity contribution < 1.29 is 40.6 Å². The summed E-state index contributed by atoms with van der Waals surface area (Å²) in [6.45, 7) is 6.36. The fraction of sp³-hybridized carbons (Fsp3) is 0.438.